The first-order valence-corrected chi connectivity index (χ1v) is 12.7. The van der Waals surface area contributed by atoms with Crippen LogP contribution in [0.5, 0.6) is 0 Å². The van der Waals surface area contributed by atoms with E-state index < -0.39 is 124 Å². The van der Waals surface area contributed by atoms with E-state index in [9.17, 15) is 90.5 Å². The van der Waals surface area contributed by atoms with Crippen LogP contribution in [0.25, 0.3) is 0 Å². The van der Waals surface area contributed by atoms with Gasteiger partial charge in [0.25, 0.3) is 0 Å². The monoisotopic (exact) mass is 790 g/mol. The Morgan fingerprint density at radius 1 is 0.683 bits per heavy atom. The Labute approximate surface area is 232 Å². The van der Waals surface area contributed by atoms with Crippen molar-refractivity contribution in [3.8, 4) is 0 Å². The molecule has 41 heavy (non-hydrogen) atoms. The van der Waals surface area contributed by atoms with Crippen LogP contribution in [0.1, 0.15) is 0 Å². The summed E-state index contributed by atoms with van der Waals surface area (Å²) < 4.78 is 8.59. The Hall–Kier alpha value is -5.26. The topological polar surface area (TPSA) is 387 Å². The van der Waals surface area contributed by atoms with Gasteiger partial charge in [-0.3, -0.25) is 0 Å². The number of aliphatic carboxylic acids is 2. The number of hydrogen-bond donors (Lipinski definition) is 6. The second-order valence-electron chi connectivity index (χ2n) is 7.36. The quantitative estimate of drug-likeness (QED) is 0.0642. The summed E-state index contributed by atoms with van der Waals surface area (Å²) in [4.78, 5) is 84.8. The number of carbonyl (C=O) groups is 2. The minimum atomic E-state index is -4.28. The van der Waals surface area contributed by atoms with Gasteiger partial charge in [0.2, 0.25) is 0 Å². The zero-order chi connectivity index (χ0) is 31.8. The van der Waals surface area contributed by atoms with Crippen LogP contribution in [0.4, 0.5) is 0 Å². The molecule has 4 unspecified atom stereocenters. The number of carboxylic acid groups (broad SMARTS) is 2. The molecule has 6 N–H and O–H groups in total. The molecule has 0 saturated carbocycles. The van der Waals surface area contributed by atoms with E-state index >= 15 is 0 Å². The molecule has 0 saturated heterocycles. The number of nitrogens with zero attached hydrogens (tertiary/aromatic N) is 6. The van der Waals surface area contributed by atoms with Crippen molar-refractivity contribution in [2.24, 2.45) is 0 Å². The molecule has 26 nitrogen and oxygen atoms in total. The maximum atomic E-state index is 12.6. The molecule has 0 spiro atoms. The second-order valence-corrected chi connectivity index (χ2v) is 9.43. The molecule has 0 fully saturated rings. The number of aliphatic hydroxyl groups is 4. The normalized spacial score (nSPS) is 25.8. The van der Waals surface area contributed by atoms with E-state index in [-0.39, 0.29) is 12.2 Å². The summed E-state index contributed by atoms with van der Waals surface area (Å²) in [5, 5.41) is 105. The summed E-state index contributed by atoms with van der Waals surface area (Å²) in [6.45, 7) is 0. The van der Waals surface area contributed by atoms with Gasteiger partial charge in [0.15, 0.2) is 0 Å². The van der Waals surface area contributed by atoms with Gasteiger partial charge in [-0.2, -0.15) is 0 Å². The summed E-state index contributed by atoms with van der Waals surface area (Å²) in [5.41, 5.74) is -15.2. The van der Waals surface area contributed by atoms with Gasteiger partial charge in [0.1, 0.15) is 0 Å². The van der Waals surface area contributed by atoms with Gasteiger partial charge >= 0.3 is 232 Å². The first kappa shape index (κ1) is 32.0. The van der Waals surface area contributed by atoms with E-state index in [1.54, 1.807) is 0 Å². The molecule has 0 bridgehead atoms. The molecular formula is C14H10N6O20Pb+2. The van der Waals surface area contributed by atoms with Crippen molar-refractivity contribution in [3.05, 3.63) is 96.7 Å². The molecule has 0 aliphatic heterocycles. The van der Waals surface area contributed by atoms with Crippen LogP contribution < -0.4 is 0 Å². The van der Waals surface area contributed by atoms with Crippen molar-refractivity contribution in [3.63, 3.8) is 0 Å². The predicted molar refractivity (Wildman–Crippen MR) is 111 cm³/mol. The van der Waals surface area contributed by atoms with Gasteiger partial charge in [0.05, 0.1) is 0 Å². The van der Waals surface area contributed by atoms with Crippen LogP contribution >= 0.6 is 0 Å². The molecule has 4 atom stereocenters. The molecule has 0 heterocycles. The van der Waals surface area contributed by atoms with Crippen molar-refractivity contribution >= 4 is 37.1 Å². The zero-order valence-electron chi connectivity index (χ0n) is 18.9. The van der Waals surface area contributed by atoms with E-state index in [1.807, 2.05) is 0 Å². The third kappa shape index (κ3) is 4.73. The van der Waals surface area contributed by atoms with Crippen molar-refractivity contribution in [2.75, 3.05) is 0 Å². The van der Waals surface area contributed by atoms with Crippen LogP contribution in [0.15, 0.2) is 46.5 Å². The van der Waals surface area contributed by atoms with Crippen LogP contribution in [0.3, 0.4) is 0 Å². The van der Waals surface area contributed by atoms with Crippen LogP contribution in [0, 0.1) is 50.3 Å². The fourth-order valence-corrected chi connectivity index (χ4v) is 5.20. The standard InChI is InChI=1S/2C7H5N3O10.Pb/c2*11-4-2(8(15)16)1-3(9(17)18)5(12)7(4,6(13)14)10(19)20;/h2*1,4,11-12H,(H,13,14);/q;;+2. The molecule has 218 valence electrons. The van der Waals surface area contributed by atoms with Crippen LogP contribution in [0.2, 0.25) is 0 Å². The average molecular weight is 789 g/mol. The summed E-state index contributed by atoms with van der Waals surface area (Å²) in [5.74, 6) is -9.64. The van der Waals surface area contributed by atoms with Gasteiger partial charge in [-0.25, -0.2) is 0 Å². The summed E-state index contributed by atoms with van der Waals surface area (Å²) >= 11 is -4.28. The number of aliphatic hydroxyl groups excluding tert-OH is 4. The van der Waals surface area contributed by atoms with Crippen molar-refractivity contribution in [2.45, 2.75) is 23.3 Å². The van der Waals surface area contributed by atoms with E-state index in [0.29, 0.717) is 0 Å². The van der Waals surface area contributed by atoms with Gasteiger partial charge < -0.3 is 0 Å². The Morgan fingerprint density at radius 2 is 0.976 bits per heavy atom. The molecular weight excluding hydrogens is 779 g/mol. The van der Waals surface area contributed by atoms with Gasteiger partial charge in [0, 0.05) is 0 Å². The van der Waals surface area contributed by atoms with E-state index in [1.165, 1.54) is 0 Å². The Morgan fingerprint density at radius 3 is 1.20 bits per heavy atom. The van der Waals surface area contributed by atoms with Crippen molar-refractivity contribution < 1.29 is 75.3 Å². The summed E-state index contributed by atoms with van der Waals surface area (Å²) in [6, 6.07) is 0. The molecule has 0 aromatic carbocycles. The van der Waals surface area contributed by atoms with Gasteiger partial charge in [-0.15, -0.1) is 0 Å². The second kappa shape index (κ2) is 11.1. The Balaban J connectivity index is 2.53. The average Bonchev–Trinajstić information content (AvgIpc) is 2.83. The van der Waals surface area contributed by atoms with Crippen LogP contribution in [-0.4, -0.2) is 121 Å². The fourth-order valence-electron chi connectivity index (χ4n) is 3.43. The fraction of sp³-hybridized carbons (Fsp3) is 0.286. The number of rotatable bonds is 12. The van der Waals surface area contributed by atoms with Crippen molar-refractivity contribution in [1.29, 1.82) is 0 Å². The Kier molecular flexibility index (Phi) is 8.64. The first-order valence-electron chi connectivity index (χ1n) is 9.57. The third-order valence-electron chi connectivity index (χ3n) is 5.41. The van der Waals surface area contributed by atoms with Gasteiger partial charge in [-0.1, -0.05) is 0 Å². The Bertz CT molecular complexity index is 1340. The molecule has 2 aliphatic carbocycles. The van der Waals surface area contributed by atoms with Crippen molar-refractivity contribution in [1.82, 2.24) is 0 Å². The molecule has 0 aromatic heterocycles. The van der Waals surface area contributed by atoms with E-state index in [2.05, 4.69) is 5.58 Å². The maximum absolute atomic E-state index is 12.6. The third-order valence-corrected chi connectivity index (χ3v) is 7.28. The first-order chi connectivity index (χ1) is 18.8. The number of hydrogen-bond acceptors (Lipinski definition) is 18. The SMILES string of the molecule is O=C(O)C1([N+](=O)[O][Pb][O][N+](=O)C2(C(=O)O)C(O)=C([N+](=O)[O-])C=C([N+](=O)[O-])C2O)C(O)=C([N+](=O)[O-])C=C([N+](=O)[O-])C1O. The molecule has 0 aromatic rings. The minimum absolute atomic E-state index is 0.0869. The number of carboxylic acids is 2. The van der Waals surface area contributed by atoms with Gasteiger partial charge in [-0.05, 0) is 0 Å². The van der Waals surface area contributed by atoms with E-state index in [0.717, 1.165) is 0 Å². The van der Waals surface area contributed by atoms with E-state index in [4.69, 9.17) is 0 Å². The molecule has 0 amide bonds. The summed E-state index contributed by atoms with van der Waals surface area (Å²) in [6.07, 6.45) is -6.60. The molecule has 2 aliphatic rings. The summed E-state index contributed by atoms with van der Waals surface area (Å²) in [7, 11) is 0. The molecule has 27 heteroatoms. The van der Waals surface area contributed by atoms with Crippen LogP contribution in [-0.2, 0) is 15.2 Å². The number of nitro groups is 4. The number of allylic oxidation sites excluding steroid dienone is 2. The molecule has 2 radical (unpaired) electrons. The molecule has 2 rings (SSSR count). The zero-order valence-corrected chi connectivity index (χ0v) is 22.8. The predicted octanol–water partition coefficient (Wildman–Crippen LogP) is -3.25.